The summed E-state index contributed by atoms with van der Waals surface area (Å²) in [5.41, 5.74) is 0.495. The topological polar surface area (TPSA) is 82.6 Å². The van der Waals surface area contributed by atoms with Crippen LogP contribution in [0.5, 0.6) is 0 Å². The Hall–Kier alpha value is -0.890. The number of aromatic amines is 1. The summed E-state index contributed by atoms with van der Waals surface area (Å²) in [6, 6.07) is 1.46. The van der Waals surface area contributed by atoms with Crippen LogP contribution in [0.1, 0.15) is 25.5 Å². The van der Waals surface area contributed by atoms with Crippen LogP contribution in [0.3, 0.4) is 0 Å². The summed E-state index contributed by atoms with van der Waals surface area (Å²) in [6.07, 6.45) is 3.59. The Balaban J connectivity index is 2.24. The summed E-state index contributed by atoms with van der Waals surface area (Å²) in [4.78, 5) is 2.97. The first kappa shape index (κ1) is 15.5. The number of aliphatic hydroxyl groups excluding tert-OH is 1. The summed E-state index contributed by atoms with van der Waals surface area (Å²) in [5, 5.41) is 9.04. The van der Waals surface area contributed by atoms with Gasteiger partial charge < -0.3 is 14.8 Å². The second-order valence-corrected chi connectivity index (χ2v) is 7.10. The highest BCUT2D eigenvalue weighted by molar-refractivity contribution is 7.89. The maximum absolute atomic E-state index is 12.7. The molecule has 1 saturated carbocycles. The van der Waals surface area contributed by atoms with Gasteiger partial charge in [0.15, 0.2) is 0 Å². The fraction of sp³-hybridized carbons (Fsp3) is 0.692. The van der Waals surface area contributed by atoms with Gasteiger partial charge in [0.25, 0.3) is 0 Å². The molecule has 7 heteroatoms. The number of hydrogen-bond donors (Lipinski definition) is 2. The highest BCUT2D eigenvalue weighted by Gasteiger charge is 2.38. The van der Waals surface area contributed by atoms with Crippen molar-refractivity contribution in [2.24, 2.45) is 5.92 Å². The van der Waals surface area contributed by atoms with Crippen molar-refractivity contribution in [3.63, 3.8) is 0 Å². The number of nitrogens with one attached hydrogen (secondary N) is 1. The zero-order valence-electron chi connectivity index (χ0n) is 11.9. The normalized spacial score (nSPS) is 17.6. The summed E-state index contributed by atoms with van der Waals surface area (Å²) in [7, 11) is -1.99. The van der Waals surface area contributed by atoms with E-state index in [0.717, 1.165) is 12.8 Å². The molecule has 1 heterocycles. The highest BCUT2D eigenvalue weighted by Crippen LogP contribution is 2.37. The minimum atomic E-state index is -3.56. The largest absolute Gasteiger partial charge is 0.390 e. The number of sulfonamides is 1. The summed E-state index contributed by atoms with van der Waals surface area (Å²) in [5.74, 6) is 0.442. The molecule has 1 fully saturated rings. The van der Waals surface area contributed by atoms with Crippen LogP contribution in [-0.4, -0.2) is 49.1 Å². The summed E-state index contributed by atoms with van der Waals surface area (Å²) in [6.45, 7) is 2.46. The van der Waals surface area contributed by atoms with Crippen molar-refractivity contribution in [3.05, 3.63) is 18.0 Å². The SMILES string of the molecule is COCCN(C(C)C1CC1)S(=O)(=O)c1c[nH]c(CO)c1. The molecule has 6 nitrogen and oxygen atoms in total. The van der Waals surface area contributed by atoms with E-state index in [1.54, 1.807) is 7.11 Å². The molecular formula is C13H22N2O4S. The second kappa shape index (κ2) is 6.26. The lowest BCUT2D eigenvalue weighted by atomic mass is 10.2. The predicted molar refractivity (Wildman–Crippen MR) is 74.7 cm³/mol. The van der Waals surface area contributed by atoms with Crippen molar-refractivity contribution >= 4 is 10.0 Å². The Morgan fingerprint density at radius 2 is 2.25 bits per heavy atom. The predicted octanol–water partition coefficient (Wildman–Crippen LogP) is 0.943. The molecule has 20 heavy (non-hydrogen) atoms. The van der Waals surface area contributed by atoms with Crippen LogP contribution in [0.2, 0.25) is 0 Å². The molecule has 1 aromatic rings. The zero-order chi connectivity index (χ0) is 14.8. The van der Waals surface area contributed by atoms with Crippen LogP contribution in [0.25, 0.3) is 0 Å². The van der Waals surface area contributed by atoms with Crippen LogP contribution in [-0.2, 0) is 21.4 Å². The smallest absolute Gasteiger partial charge is 0.244 e. The number of ether oxygens (including phenoxy) is 1. The van der Waals surface area contributed by atoms with Crippen molar-refractivity contribution in [1.29, 1.82) is 0 Å². The van der Waals surface area contributed by atoms with Crippen molar-refractivity contribution < 1.29 is 18.3 Å². The molecule has 114 valence electrons. The Morgan fingerprint density at radius 1 is 1.55 bits per heavy atom. The van der Waals surface area contributed by atoms with Gasteiger partial charge in [-0.1, -0.05) is 0 Å². The van der Waals surface area contributed by atoms with Gasteiger partial charge in [-0.3, -0.25) is 0 Å². The first-order valence-corrected chi connectivity index (χ1v) is 8.23. The molecule has 1 atom stereocenters. The second-order valence-electron chi connectivity index (χ2n) is 5.21. The Kier molecular flexibility index (Phi) is 4.85. The average Bonchev–Trinajstić information content (AvgIpc) is 3.15. The molecule has 1 aliphatic carbocycles. The minimum Gasteiger partial charge on any atom is -0.390 e. The lowest BCUT2D eigenvalue weighted by Crippen LogP contribution is -2.41. The van der Waals surface area contributed by atoms with Crippen molar-refractivity contribution in [2.45, 2.75) is 37.3 Å². The van der Waals surface area contributed by atoms with Gasteiger partial charge in [0.05, 0.1) is 18.1 Å². The van der Waals surface area contributed by atoms with Gasteiger partial charge in [0.1, 0.15) is 0 Å². The molecule has 0 bridgehead atoms. The Labute approximate surface area is 119 Å². The lowest BCUT2D eigenvalue weighted by molar-refractivity contribution is 0.164. The molecule has 1 unspecified atom stereocenters. The molecule has 0 aromatic carbocycles. The first-order chi connectivity index (χ1) is 9.50. The maximum Gasteiger partial charge on any atom is 0.244 e. The lowest BCUT2D eigenvalue weighted by Gasteiger charge is -2.27. The van der Waals surface area contributed by atoms with Gasteiger partial charge in [0, 0.05) is 31.6 Å². The third-order valence-electron chi connectivity index (χ3n) is 3.77. The molecule has 2 rings (SSSR count). The molecule has 1 aliphatic rings. The van der Waals surface area contributed by atoms with Crippen LogP contribution < -0.4 is 0 Å². The van der Waals surface area contributed by atoms with Gasteiger partial charge in [-0.15, -0.1) is 0 Å². The van der Waals surface area contributed by atoms with Gasteiger partial charge >= 0.3 is 0 Å². The van der Waals surface area contributed by atoms with E-state index in [9.17, 15) is 8.42 Å². The quantitative estimate of drug-likeness (QED) is 0.749. The molecule has 1 aromatic heterocycles. The van der Waals surface area contributed by atoms with Crippen LogP contribution in [0.15, 0.2) is 17.2 Å². The Morgan fingerprint density at radius 3 is 2.75 bits per heavy atom. The number of hydrogen-bond acceptors (Lipinski definition) is 4. The molecule has 0 spiro atoms. The minimum absolute atomic E-state index is 0.0253. The van der Waals surface area contributed by atoms with Gasteiger partial charge in [-0.05, 0) is 31.7 Å². The van der Waals surface area contributed by atoms with E-state index < -0.39 is 10.0 Å². The highest BCUT2D eigenvalue weighted by atomic mass is 32.2. The standard InChI is InChI=1S/C13H22N2O4S/c1-10(11-3-4-11)15(5-6-19-2)20(17,18)13-7-12(9-16)14-8-13/h7-8,10-11,14,16H,3-6,9H2,1-2H3. The molecule has 0 radical (unpaired) electrons. The van der Waals surface area contributed by atoms with E-state index in [2.05, 4.69) is 4.98 Å². The van der Waals surface area contributed by atoms with Crippen LogP contribution in [0.4, 0.5) is 0 Å². The zero-order valence-corrected chi connectivity index (χ0v) is 12.7. The van der Waals surface area contributed by atoms with Crippen LogP contribution in [0, 0.1) is 5.92 Å². The molecular weight excluding hydrogens is 280 g/mol. The van der Waals surface area contributed by atoms with Gasteiger partial charge in [-0.25, -0.2) is 8.42 Å². The fourth-order valence-corrected chi connectivity index (χ4v) is 4.03. The average molecular weight is 302 g/mol. The number of aromatic nitrogens is 1. The van der Waals surface area contributed by atoms with Gasteiger partial charge in [0.2, 0.25) is 10.0 Å². The number of nitrogens with zero attached hydrogens (tertiary/aromatic N) is 1. The van der Waals surface area contributed by atoms with E-state index in [4.69, 9.17) is 9.84 Å². The van der Waals surface area contributed by atoms with Gasteiger partial charge in [-0.2, -0.15) is 4.31 Å². The van der Waals surface area contributed by atoms with Crippen molar-refractivity contribution in [3.8, 4) is 0 Å². The van der Waals surface area contributed by atoms with Crippen molar-refractivity contribution in [1.82, 2.24) is 9.29 Å². The molecule has 0 amide bonds. The monoisotopic (exact) mass is 302 g/mol. The van der Waals surface area contributed by atoms with Crippen LogP contribution >= 0.6 is 0 Å². The van der Waals surface area contributed by atoms with Crippen molar-refractivity contribution in [2.75, 3.05) is 20.3 Å². The Bertz CT molecular complexity index is 536. The maximum atomic E-state index is 12.7. The number of methoxy groups -OCH3 is 1. The van der Waals surface area contributed by atoms with E-state index in [1.165, 1.54) is 16.6 Å². The summed E-state index contributed by atoms with van der Waals surface area (Å²) >= 11 is 0. The number of aliphatic hydroxyl groups is 1. The summed E-state index contributed by atoms with van der Waals surface area (Å²) < 4.78 is 32.0. The molecule has 2 N–H and O–H groups in total. The van der Waals surface area contributed by atoms with E-state index in [1.807, 2.05) is 6.92 Å². The number of rotatable bonds is 8. The fourth-order valence-electron chi connectivity index (χ4n) is 2.33. The third-order valence-corrected chi connectivity index (χ3v) is 5.73. The van der Waals surface area contributed by atoms with E-state index in [0.29, 0.717) is 24.8 Å². The molecule has 0 saturated heterocycles. The van der Waals surface area contributed by atoms with E-state index >= 15 is 0 Å². The number of H-pyrrole nitrogens is 1. The third kappa shape index (κ3) is 3.22. The van der Waals surface area contributed by atoms with E-state index in [-0.39, 0.29) is 17.5 Å². The molecule has 0 aliphatic heterocycles. The first-order valence-electron chi connectivity index (χ1n) is 6.79.